The summed E-state index contributed by atoms with van der Waals surface area (Å²) >= 11 is 0. The molecule has 0 bridgehead atoms. The predicted octanol–water partition coefficient (Wildman–Crippen LogP) is 1.59. The molecule has 0 aliphatic carbocycles. The number of aromatic nitrogens is 1. The van der Waals surface area contributed by atoms with Crippen molar-refractivity contribution in [2.75, 3.05) is 33.9 Å². The van der Waals surface area contributed by atoms with E-state index in [0.717, 1.165) is 38.2 Å². The molecule has 3 heteroatoms. The van der Waals surface area contributed by atoms with Gasteiger partial charge in [-0.1, -0.05) is 6.07 Å². The summed E-state index contributed by atoms with van der Waals surface area (Å²) in [5.41, 5.74) is 1.16. The molecule has 0 atom stereocenters. The van der Waals surface area contributed by atoms with Crippen LogP contribution >= 0.6 is 0 Å². The van der Waals surface area contributed by atoms with Crippen LogP contribution in [-0.2, 0) is 11.2 Å². The van der Waals surface area contributed by atoms with Gasteiger partial charge in [0, 0.05) is 45.1 Å². The van der Waals surface area contributed by atoms with Crippen LogP contribution in [-0.4, -0.2) is 43.7 Å². The Morgan fingerprint density at radius 2 is 2.20 bits per heavy atom. The maximum Gasteiger partial charge on any atom is 0.0474 e. The summed E-state index contributed by atoms with van der Waals surface area (Å²) in [6.45, 7) is 2.98. The van der Waals surface area contributed by atoms with Crippen molar-refractivity contribution in [3.63, 3.8) is 0 Å². The Bertz CT molecular complexity index is 251. The summed E-state index contributed by atoms with van der Waals surface area (Å²) in [5.74, 6) is 0. The van der Waals surface area contributed by atoms with Crippen molar-refractivity contribution in [3.8, 4) is 0 Å². The second-order valence-electron chi connectivity index (χ2n) is 3.72. The monoisotopic (exact) mass is 208 g/mol. The smallest absolute Gasteiger partial charge is 0.0474 e. The van der Waals surface area contributed by atoms with Crippen LogP contribution in [0.3, 0.4) is 0 Å². The van der Waals surface area contributed by atoms with Crippen molar-refractivity contribution >= 4 is 0 Å². The Morgan fingerprint density at radius 1 is 1.33 bits per heavy atom. The van der Waals surface area contributed by atoms with Gasteiger partial charge in [-0.15, -0.1) is 0 Å². The Hall–Kier alpha value is -0.930. The van der Waals surface area contributed by atoms with Crippen molar-refractivity contribution in [1.29, 1.82) is 0 Å². The summed E-state index contributed by atoms with van der Waals surface area (Å²) in [4.78, 5) is 6.61. The van der Waals surface area contributed by atoms with E-state index in [1.807, 2.05) is 18.3 Å². The molecule has 0 aliphatic heterocycles. The Kier molecular flexibility index (Phi) is 5.97. The lowest BCUT2D eigenvalue weighted by Crippen LogP contribution is -2.23. The van der Waals surface area contributed by atoms with Crippen LogP contribution in [0.2, 0.25) is 0 Å². The Morgan fingerprint density at radius 3 is 2.87 bits per heavy atom. The fraction of sp³-hybridized carbons (Fsp3) is 0.583. The zero-order valence-electron chi connectivity index (χ0n) is 9.65. The summed E-state index contributed by atoms with van der Waals surface area (Å²) in [6, 6.07) is 6.06. The molecule has 0 N–H and O–H groups in total. The van der Waals surface area contributed by atoms with Crippen molar-refractivity contribution < 1.29 is 4.74 Å². The molecule has 0 aromatic carbocycles. The first-order valence-corrected chi connectivity index (χ1v) is 5.40. The third kappa shape index (κ3) is 5.50. The van der Waals surface area contributed by atoms with Gasteiger partial charge in [-0.2, -0.15) is 0 Å². The topological polar surface area (TPSA) is 25.4 Å². The number of nitrogens with zero attached hydrogens (tertiary/aromatic N) is 2. The SMILES string of the molecule is COCCCN(C)CCc1ccccn1. The fourth-order valence-electron chi connectivity index (χ4n) is 1.44. The lowest BCUT2D eigenvalue weighted by atomic mass is 10.2. The summed E-state index contributed by atoms with van der Waals surface area (Å²) in [7, 11) is 3.88. The van der Waals surface area contributed by atoms with Crippen LogP contribution in [0.15, 0.2) is 24.4 Å². The van der Waals surface area contributed by atoms with Gasteiger partial charge in [-0.05, 0) is 25.6 Å². The first-order chi connectivity index (χ1) is 7.33. The van der Waals surface area contributed by atoms with Crippen LogP contribution in [0.1, 0.15) is 12.1 Å². The molecule has 84 valence electrons. The van der Waals surface area contributed by atoms with Gasteiger partial charge in [0.25, 0.3) is 0 Å². The first-order valence-electron chi connectivity index (χ1n) is 5.40. The minimum absolute atomic E-state index is 0.841. The maximum absolute atomic E-state index is 5.02. The third-order valence-corrected chi connectivity index (χ3v) is 2.36. The molecule has 3 nitrogen and oxygen atoms in total. The van der Waals surface area contributed by atoms with E-state index in [1.165, 1.54) is 0 Å². The molecule has 0 spiro atoms. The van der Waals surface area contributed by atoms with E-state index in [2.05, 4.69) is 23.0 Å². The lowest BCUT2D eigenvalue weighted by molar-refractivity contribution is 0.179. The quantitative estimate of drug-likeness (QED) is 0.636. The van der Waals surface area contributed by atoms with Crippen LogP contribution < -0.4 is 0 Å². The van der Waals surface area contributed by atoms with E-state index in [0.29, 0.717) is 0 Å². The van der Waals surface area contributed by atoms with Crippen molar-refractivity contribution in [3.05, 3.63) is 30.1 Å². The van der Waals surface area contributed by atoms with E-state index < -0.39 is 0 Å². The highest BCUT2D eigenvalue weighted by atomic mass is 16.5. The number of hydrogen-bond donors (Lipinski definition) is 0. The third-order valence-electron chi connectivity index (χ3n) is 2.36. The summed E-state index contributed by atoms with van der Waals surface area (Å²) < 4.78 is 5.02. The van der Waals surface area contributed by atoms with Crippen LogP contribution in [0.25, 0.3) is 0 Å². The molecule has 1 aromatic rings. The van der Waals surface area contributed by atoms with E-state index in [1.54, 1.807) is 7.11 Å². The molecule has 0 radical (unpaired) electrons. The van der Waals surface area contributed by atoms with E-state index in [4.69, 9.17) is 4.74 Å². The summed E-state index contributed by atoms with van der Waals surface area (Å²) in [6.07, 6.45) is 3.96. The number of methoxy groups -OCH3 is 1. The van der Waals surface area contributed by atoms with Crippen molar-refractivity contribution in [2.24, 2.45) is 0 Å². The first kappa shape index (κ1) is 12.1. The molecule has 1 heterocycles. The highest BCUT2D eigenvalue weighted by Gasteiger charge is 1.99. The molecule has 1 aromatic heterocycles. The van der Waals surface area contributed by atoms with Gasteiger partial charge >= 0.3 is 0 Å². The molecule has 15 heavy (non-hydrogen) atoms. The van der Waals surface area contributed by atoms with E-state index in [-0.39, 0.29) is 0 Å². The predicted molar refractivity (Wildman–Crippen MR) is 61.9 cm³/mol. The fourth-order valence-corrected chi connectivity index (χ4v) is 1.44. The van der Waals surface area contributed by atoms with Crippen LogP contribution in [0.5, 0.6) is 0 Å². The molecule has 0 unspecified atom stereocenters. The number of hydrogen-bond acceptors (Lipinski definition) is 3. The molecule has 0 saturated heterocycles. The number of rotatable bonds is 7. The maximum atomic E-state index is 5.02. The average molecular weight is 208 g/mol. The molecule has 1 rings (SSSR count). The van der Waals surface area contributed by atoms with Gasteiger partial charge in [0.15, 0.2) is 0 Å². The van der Waals surface area contributed by atoms with Gasteiger partial charge in [-0.25, -0.2) is 0 Å². The van der Waals surface area contributed by atoms with Gasteiger partial charge in [0.2, 0.25) is 0 Å². The van der Waals surface area contributed by atoms with Gasteiger partial charge < -0.3 is 9.64 Å². The molecule has 0 saturated carbocycles. The van der Waals surface area contributed by atoms with Crippen LogP contribution in [0.4, 0.5) is 0 Å². The van der Waals surface area contributed by atoms with E-state index >= 15 is 0 Å². The molecule has 0 fully saturated rings. The zero-order chi connectivity index (χ0) is 10.9. The lowest BCUT2D eigenvalue weighted by Gasteiger charge is -2.15. The molecular formula is C12H20N2O. The highest BCUT2D eigenvalue weighted by Crippen LogP contribution is 1.97. The summed E-state index contributed by atoms with van der Waals surface area (Å²) in [5, 5.41) is 0. The van der Waals surface area contributed by atoms with Gasteiger partial charge in [-0.3, -0.25) is 4.98 Å². The van der Waals surface area contributed by atoms with Crippen LogP contribution in [0, 0.1) is 0 Å². The molecule has 0 aliphatic rings. The van der Waals surface area contributed by atoms with Crippen molar-refractivity contribution in [1.82, 2.24) is 9.88 Å². The second kappa shape index (κ2) is 7.37. The van der Waals surface area contributed by atoms with Crippen molar-refractivity contribution in [2.45, 2.75) is 12.8 Å². The number of pyridine rings is 1. The average Bonchev–Trinajstić information content (AvgIpc) is 2.28. The number of ether oxygens (including phenoxy) is 1. The minimum atomic E-state index is 0.841. The minimum Gasteiger partial charge on any atom is -0.385 e. The standard InChI is InChI=1S/C12H20N2O/c1-14(9-5-11-15-2)10-7-12-6-3-4-8-13-12/h3-4,6,8H,5,7,9-11H2,1-2H3. The second-order valence-corrected chi connectivity index (χ2v) is 3.72. The van der Waals surface area contributed by atoms with Gasteiger partial charge in [0.05, 0.1) is 0 Å². The van der Waals surface area contributed by atoms with Gasteiger partial charge in [0.1, 0.15) is 0 Å². The Balaban J connectivity index is 2.14. The van der Waals surface area contributed by atoms with E-state index in [9.17, 15) is 0 Å². The largest absolute Gasteiger partial charge is 0.385 e. The number of likely N-dealkylation sites (N-methyl/N-ethyl adjacent to an activating group) is 1. The molecule has 0 amide bonds. The Labute approximate surface area is 92.1 Å². The zero-order valence-corrected chi connectivity index (χ0v) is 9.65. The normalized spacial score (nSPS) is 10.9. The highest BCUT2D eigenvalue weighted by molar-refractivity contribution is 5.03. The molecular weight excluding hydrogens is 188 g/mol.